The second-order valence-electron chi connectivity index (χ2n) is 4.63. The van der Waals surface area contributed by atoms with Gasteiger partial charge in [0.25, 0.3) is 0 Å². The molecule has 0 unspecified atom stereocenters. The number of hydrogen-bond acceptors (Lipinski definition) is 3. The predicted octanol–water partition coefficient (Wildman–Crippen LogP) is 1.10. The summed E-state index contributed by atoms with van der Waals surface area (Å²) in [7, 11) is 1.98. The average molecular weight is 222 g/mol. The minimum Gasteiger partial charge on any atom is -0.316 e. The lowest BCUT2D eigenvalue weighted by Gasteiger charge is -2.39. The molecule has 0 amide bonds. The van der Waals surface area contributed by atoms with E-state index in [-0.39, 0.29) is 0 Å². The first kappa shape index (κ1) is 11.6. The molecule has 4 heteroatoms. The van der Waals surface area contributed by atoms with Crippen LogP contribution in [0.3, 0.4) is 0 Å². The van der Waals surface area contributed by atoms with E-state index in [1.165, 1.54) is 17.0 Å². The fraction of sp³-hybridized carbons (Fsp3) is 0.750. The Labute approximate surface area is 97.6 Å². The summed E-state index contributed by atoms with van der Waals surface area (Å²) in [6, 6.07) is 0.587. The van der Waals surface area contributed by atoms with Crippen LogP contribution >= 0.6 is 0 Å². The molecule has 1 N–H and O–H groups in total. The van der Waals surface area contributed by atoms with Gasteiger partial charge in [-0.3, -0.25) is 9.58 Å². The highest BCUT2D eigenvalue weighted by Crippen LogP contribution is 2.24. The van der Waals surface area contributed by atoms with E-state index in [9.17, 15) is 0 Å². The third-order valence-corrected chi connectivity index (χ3v) is 3.56. The molecule has 1 saturated heterocycles. The largest absolute Gasteiger partial charge is 0.316 e. The van der Waals surface area contributed by atoms with Crippen LogP contribution in [-0.4, -0.2) is 41.4 Å². The standard InChI is InChI=1S/C12H22N4/c1-5-15-7-11(8-15)16-10(3)12(6-13-4)9(2)14-16/h11,13H,5-8H2,1-4H3. The number of nitrogens with one attached hydrogen (secondary N) is 1. The number of rotatable bonds is 4. The van der Waals surface area contributed by atoms with Crippen LogP contribution in [-0.2, 0) is 6.54 Å². The van der Waals surface area contributed by atoms with Crippen molar-refractivity contribution >= 4 is 0 Å². The highest BCUT2D eigenvalue weighted by atomic mass is 15.4. The van der Waals surface area contributed by atoms with Crippen molar-refractivity contribution in [3.63, 3.8) is 0 Å². The number of nitrogens with zero attached hydrogens (tertiary/aromatic N) is 3. The molecule has 1 aromatic rings. The van der Waals surface area contributed by atoms with Gasteiger partial charge in [0.05, 0.1) is 11.7 Å². The Morgan fingerprint density at radius 2 is 2.06 bits per heavy atom. The van der Waals surface area contributed by atoms with Crippen molar-refractivity contribution in [3.8, 4) is 0 Å². The molecule has 0 aliphatic carbocycles. The van der Waals surface area contributed by atoms with Crippen molar-refractivity contribution < 1.29 is 0 Å². The van der Waals surface area contributed by atoms with E-state index in [4.69, 9.17) is 0 Å². The van der Waals surface area contributed by atoms with Crippen LogP contribution in [0, 0.1) is 13.8 Å². The van der Waals surface area contributed by atoms with Crippen LogP contribution < -0.4 is 5.32 Å². The zero-order valence-corrected chi connectivity index (χ0v) is 10.7. The number of aryl methyl sites for hydroxylation is 1. The minimum atomic E-state index is 0.587. The Morgan fingerprint density at radius 3 is 2.62 bits per heavy atom. The summed E-state index contributed by atoms with van der Waals surface area (Å²) in [6.45, 7) is 10.9. The lowest BCUT2D eigenvalue weighted by atomic mass is 10.1. The predicted molar refractivity (Wildman–Crippen MR) is 65.6 cm³/mol. The summed E-state index contributed by atoms with van der Waals surface area (Å²) in [6.07, 6.45) is 0. The Balaban J connectivity index is 2.14. The minimum absolute atomic E-state index is 0.587. The molecule has 0 saturated carbocycles. The maximum Gasteiger partial charge on any atom is 0.0776 e. The summed E-state index contributed by atoms with van der Waals surface area (Å²) < 4.78 is 2.22. The SMILES string of the molecule is CCN1CC(n2nc(C)c(CNC)c2C)C1. The molecule has 1 aromatic heterocycles. The van der Waals surface area contributed by atoms with Crippen molar-refractivity contribution in [1.82, 2.24) is 20.0 Å². The van der Waals surface area contributed by atoms with E-state index in [0.29, 0.717) is 6.04 Å². The molecule has 2 heterocycles. The number of likely N-dealkylation sites (tertiary alicyclic amines) is 1. The van der Waals surface area contributed by atoms with Gasteiger partial charge in [0, 0.05) is 30.9 Å². The van der Waals surface area contributed by atoms with Gasteiger partial charge in [-0.15, -0.1) is 0 Å². The summed E-state index contributed by atoms with van der Waals surface area (Å²) in [5.41, 5.74) is 3.85. The Bertz CT molecular complexity index is 363. The molecule has 90 valence electrons. The molecule has 1 aliphatic rings. The molecule has 0 atom stereocenters. The molecular weight excluding hydrogens is 200 g/mol. The molecule has 0 bridgehead atoms. The normalized spacial score (nSPS) is 17.8. The van der Waals surface area contributed by atoms with Gasteiger partial charge in [-0.05, 0) is 27.4 Å². The highest BCUT2D eigenvalue weighted by molar-refractivity contribution is 5.25. The van der Waals surface area contributed by atoms with Crippen LogP contribution in [0.4, 0.5) is 0 Å². The number of likely N-dealkylation sites (N-methyl/N-ethyl adjacent to an activating group) is 1. The molecule has 1 aliphatic heterocycles. The van der Waals surface area contributed by atoms with Gasteiger partial charge in [0.15, 0.2) is 0 Å². The first-order valence-electron chi connectivity index (χ1n) is 6.08. The molecule has 16 heavy (non-hydrogen) atoms. The molecule has 1 fully saturated rings. The van der Waals surface area contributed by atoms with E-state index in [1.807, 2.05) is 7.05 Å². The first-order chi connectivity index (χ1) is 7.67. The number of aromatic nitrogens is 2. The second kappa shape index (κ2) is 4.55. The van der Waals surface area contributed by atoms with Gasteiger partial charge in [0.2, 0.25) is 0 Å². The lowest BCUT2D eigenvalue weighted by molar-refractivity contribution is 0.104. The van der Waals surface area contributed by atoms with Crippen LogP contribution in [0.2, 0.25) is 0 Å². The van der Waals surface area contributed by atoms with Gasteiger partial charge in [0.1, 0.15) is 0 Å². The van der Waals surface area contributed by atoms with Gasteiger partial charge < -0.3 is 5.32 Å². The van der Waals surface area contributed by atoms with Gasteiger partial charge in [-0.1, -0.05) is 6.92 Å². The second-order valence-corrected chi connectivity index (χ2v) is 4.63. The number of hydrogen-bond donors (Lipinski definition) is 1. The third kappa shape index (κ3) is 1.87. The van der Waals surface area contributed by atoms with Crippen LogP contribution in [0.1, 0.15) is 29.9 Å². The smallest absolute Gasteiger partial charge is 0.0776 e. The van der Waals surface area contributed by atoms with Crippen molar-refractivity contribution in [2.24, 2.45) is 0 Å². The summed E-state index contributed by atoms with van der Waals surface area (Å²) in [4.78, 5) is 2.44. The highest BCUT2D eigenvalue weighted by Gasteiger charge is 2.29. The molecule has 0 spiro atoms. The van der Waals surface area contributed by atoms with Crippen molar-refractivity contribution in [3.05, 3.63) is 17.0 Å². The maximum absolute atomic E-state index is 4.67. The van der Waals surface area contributed by atoms with Crippen molar-refractivity contribution in [1.29, 1.82) is 0 Å². The average Bonchev–Trinajstić information content (AvgIpc) is 2.45. The van der Waals surface area contributed by atoms with E-state index in [0.717, 1.165) is 26.2 Å². The summed E-state index contributed by atoms with van der Waals surface area (Å²) in [5, 5.41) is 7.88. The van der Waals surface area contributed by atoms with E-state index >= 15 is 0 Å². The van der Waals surface area contributed by atoms with Crippen molar-refractivity contribution in [2.45, 2.75) is 33.4 Å². The summed E-state index contributed by atoms with van der Waals surface area (Å²) in [5.74, 6) is 0. The Kier molecular flexibility index (Phi) is 3.30. The van der Waals surface area contributed by atoms with Crippen LogP contribution in [0.15, 0.2) is 0 Å². The quantitative estimate of drug-likeness (QED) is 0.828. The fourth-order valence-corrected chi connectivity index (χ4v) is 2.44. The third-order valence-electron chi connectivity index (χ3n) is 3.56. The molecular formula is C12H22N4. The van der Waals surface area contributed by atoms with Crippen LogP contribution in [0.5, 0.6) is 0 Å². The molecule has 2 rings (SSSR count). The monoisotopic (exact) mass is 222 g/mol. The van der Waals surface area contributed by atoms with Gasteiger partial charge in [-0.25, -0.2) is 0 Å². The maximum atomic E-state index is 4.67. The first-order valence-corrected chi connectivity index (χ1v) is 6.08. The Morgan fingerprint density at radius 1 is 1.38 bits per heavy atom. The topological polar surface area (TPSA) is 33.1 Å². The molecule has 4 nitrogen and oxygen atoms in total. The van der Waals surface area contributed by atoms with E-state index in [2.05, 4.69) is 40.8 Å². The zero-order chi connectivity index (χ0) is 11.7. The fourth-order valence-electron chi connectivity index (χ4n) is 2.44. The Hall–Kier alpha value is -0.870. The van der Waals surface area contributed by atoms with Crippen molar-refractivity contribution in [2.75, 3.05) is 26.7 Å². The molecule has 0 aromatic carbocycles. The zero-order valence-electron chi connectivity index (χ0n) is 10.7. The van der Waals surface area contributed by atoms with Gasteiger partial charge >= 0.3 is 0 Å². The van der Waals surface area contributed by atoms with E-state index < -0.39 is 0 Å². The van der Waals surface area contributed by atoms with E-state index in [1.54, 1.807) is 0 Å². The summed E-state index contributed by atoms with van der Waals surface area (Å²) >= 11 is 0. The van der Waals surface area contributed by atoms with Gasteiger partial charge in [-0.2, -0.15) is 5.10 Å². The lowest BCUT2D eigenvalue weighted by Crippen LogP contribution is -2.47. The molecule has 0 radical (unpaired) electrons. The van der Waals surface area contributed by atoms with Crippen LogP contribution in [0.25, 0.3) is 0 Å².